The number of benzene rings is 2. The predicted octanol–water partition coefficient (Wildman–Crippen LogP) is 5.27. The zero-order valence-electron chi connectivity index (χ0n) is 25.2. The molecule has 230 valence electrons. The van der Waals surface area contributed by atoms with E-state index in [4.69, 9.17) is 14.2 Å². The van der Waals surface area contributed by atoms with Gasteiger partial charge in [0.2, 0.25) is 5.91 Å². The fourth-order valence-corrected chi connectivity index (χ4v) is 4.86. The molecular weight excluding hydrogens is 562 g/mol. The van der Waals surface area contributed by atoms with Crippen molar-refractivity contribution in [2.24, 2.45) is 0 Å². The molecule has 1 aliphatic carbocycles. The molecule has 3 aromatic rings. The lowest BCUT2D eigenvalue weighted by atomic mass is 9.98. The van der Waals surface area contributed by atoms with Crippen LogP contribution in [0.1, 0.15) is 49.8 Å². The van der Waals surface area contributed by atoms with E-state index in [2.05, 4.69) is 29.0 Å². The molecule has 0 saturated heterocycles. The van der Waals surface area contributed by atoms with E-state index in [0.29, 0.717) is 5.56 Å². The Kier molecular flexibility index (Phi) is 10.5. The van der Waals surface area contributed by atoms with Gasteiger partial charge in [0.25, 0.3) is 0 Å². The zero-order chi connectivity index (χ0) is 31.7. The highest BCUT2D eigenvalue weighted by Crippen LogP contribution is 2.44. The third kappa shape index (κ3) is 8.76. The van der Waals surface area contributed by atoms with Crippen LogP contribution in [0.3, 0.4) is 0 Å². The molecule has 4 rings (SSSR count). The highest BCUT2D eigenvalue weighted by molar-refractivity contribution is 5.85. The first-order valence-corrected chi connectivity index (χ1v) is 14.4. The number of aromatic nitrogens is 1. The van der Waals surface area contributed by atoms with E-state index in [-0.39, 0.29) is 50.9 Å². The van der Waals surface area contributed by atoms with E-state index >= 15 is 0 Å². The highest BCUT2D eigenvalue weighted by Gasteiger charge is 2.29. The van der Waals surface area contributed by atoms with Crippen LogP contribution in [-0.4, -0.2) is 65.7 Å². The number of anilines is 1. The third-order valence-electron chi connectivity index (χ3n) is 6.80. The van der Waals surface area contributed by atoms with Crippen molar-refractivity contribution < 1.29 is 33.4 Å². The number of nitrogens with one attached hydrogen (secondary N) is 1. The summed E-state index contributed by atoms with van der Waals surface area (Å²) in [7, 11) is 0. The first kappa shape index (κ1) is 31.9. The molecule has 1 heterocycles. The molecule has 0 saturated carbocycles. The standard InChI is InChI=1S/C34H37N3O7/c1-5-18-42-32(40)21-37(30(38)19-23-14-15-29(35-20-23)36-33(41)44-34(2,3)4)17-16-31(39)43-22-28-26-12-8-6-10-24(26)25-11-7-9-13-27(25)28/h5-15,20,28H,1,16-19,21-22H2,2-4H3,(H,35,36,41). The lowest BCUT2D eigenvalue weighted by Crippen LogP contribution is -2.39. The van der Waals surface area contributed by atoms with Crippen LogP contribution in [-0.2, 0) is 35.0 Å². The van der Waals surface area contributed by atoms with Crippen LogP contribution in [0.15, 0.2) is 79.5 Å². The van der Waals surface area contributed by atoms with Crippen molar-refractivity contribution in [3.05, 3.63) is 96.2 Å². The van der Waals surface area contributed by atoms with E-state index in [1.54, 1.807) is 32.9 Å². The number of ether oxygens (including phenoxy) is 3. The Morgan fingerprint density at radius 2 is 1.59 bits per heavy atom. The molecular formula is C34H37N3O7. The van der Waals surface area contributed by atoms with Crippen molar-refractivity contribution in [3.63, 3.8) is 0 Å². The topological polar surface area (TPSA) is 124 Å². The number of carbonyl (C=O) groups excluding carboxylic acids is 4. The number of hydrogen-bond donors (Lipinski definition) is 1. The minimum Gasteiger partial charge on any atom is -0.465 e. The first-order chi connectivity index (χ1) is 21.0. The number of nitrogens with zero attached hydrogens (tertiary/aromatic N) is 2. The number of rotatable bonds is 12. The Hall–Kier alpha value is -4.99. The van der Waals surface area contributed by atoms with Gasteiger partial charge < -0.3 is 19.1 Å². The van der Waals surface area contributed by atoms with Crippen molar-refractivity contribution in [3.8, 4) is 11.1 Å². The van der Waals surface area contributed by atoms with Gasteiger partial charge in [-0.15, -0.1) is 0 Å². The SMILES string of the molecule is C=CCOC(=O)CN(CCC(=O)OCC1c2ccccc2-c2ccccc21)C(=O)Cc1ccc(NC(=O)OC(C)(C)C)nc1. The second-order valence-corrected chi connectivity index (χ2v) is 11.3. The van der Waals surface area contributed by atoms with Gasteiger partial charge in [-0.1, -0.05) is 67.3 Å². The minimum absolute atomic E-state index is 0.00325. The Labute approximate surface area is 257 Å². The zero-order valence-corrected chi connectivity index (χ0v) is 25.2. The molecule has 0 fully saturated rings. The number of esters is 2. The van der Waals surface area contributed by atoms with Gasteiger partial charge in [-0.3, -0.25) is 19.7 Å². The van der Waals surface area contributed by atoms with Gasteiger partial charge in [0, 0.05) is 18.7 Å². The summed E-state index contributed by atoms with van der Waals surface area (Å²) < 4.78 is 16.0. The molecule has 2 amide bonds. The average Bonchev–Trinajstić information content (AvgIpc) is 3.30. The van der Waals surface area contributed by atoms with E-state index in [1.807, 2.05) is 36.4 Å². The lowest BCUT2D eigenvalue weighted by Gasteiger charge is -2.22. The molecule has 0 atom stereocenters. The van der Waals surface area contributed by atoms with Gasteiger partial charge in [-0.2, -0.15) is 0 Å². The summed E-state index contributed by atoms with van der Waals surface area (Å²) in [6.07, 6.45) is 2.04. The summed E-state index contributed by atoms with van der Waals surface area (Å²) in [5.74, 6) is -1.33. The van der Waals surface area contributed by atoms with E-state index in [9.17, 15) is 19.2 Å². The molecule has 1 aromatic heterocycles. The quantitative estimate of drug-likeness (QED) is 0.170. The summed E-state index contributed by atoms with van der Waals surface area (Å²) in [5, 5.41) is 2.54. The van der Waals surface area contributed by atoms with E-state index < -0.39 is 29.5 Å². The van der Waals surface area contributed by atoms with Crippen LogP contribution in [0.2, 0.25) is 0 Å². The van der Waals surface area contributed by atoms with Crippen LogP contribution in [0.25, 0.3) is 11.1 Å². The fourth-order valence-electron chi connectivity index (χ4n) is 4.86. The Morgan fingerprint density at radius 3 is 2.18 bits per heavy atom. The number of hydrogen-bond acceptors (Lipinski definition) is 8. The molecule has 0 aliphatic heterocycles. The molecule has 2 aromatic carbocycles. The summed E-state index contributed by atoms with van der Waals surface area (Å²) in [4.78, 5) is 55.8. The highest BCUT2D eigenvalue weighted by atomic mass is 16.6. The van der Waals surface area contributed by atoms with Crippen LogP contribution >= 0.6 is 0 Å². The maximum atomic E-state index is 13.2. The molecule has 1 N–H and O–H groups in total. The smallest absolute Gasteiger partial charge is 0.413 e. The van der Waals surface area contributed by atoms with Crippen molar-refractivity contribution in [1.82, 2.24) is 9.88 Å². The average molecular weight is 600 g/mol. The first-order valence-electron chi connectivity index (χ1n) is 14.4. The summed E-state index contributed by atoms with van der Waals surface area (Å²) in [6.45, 7) is 8.57. The molecule has 1 aliphatic rings. The van der Waals surface area contributed by atoms with Crippen LogP contribution in [0, 0.1) is 0 Å². The molecule has 44 heavy (non-hydrogen) atoms. The number of fused-ring (bicyclic) bond motifs is 3. The molecule has 0 unspecified atom stereocenters. The maximum Gasteiger partial charge on any atom is 0.413 e. The molecule has 0 radical (unpaired) electrons. The van der Waals surface area contributed by atoms with Crippen molar-refractivity contribution in [2.75, 3.05) is 31.6 Å². The summed E-state index contributed by atoms with van der Waals surface area (Å²) in [5.41, 5.74) is 4.35. The van der Waals surface area contributed by atoms with Crippen LogP contribution in [0.4, 0.5) is 10.6 Å². The van der Waals surface area contributed by atoms with Gasteiger partial charge in [-0.05, 0) is 54.7 Å². The van der Waals surface area contributed by atoms with E-state index in [0.717, 1.165) is 22.3 Å². The number of amides is 2. The largest absolute Gasteiger partial charge is 0.465 e. The van der Waals surface area contributed by atoms with Gasteiger partial charge in [-0.25, -0.2) is 9.78 Å². The Balaban J connectivity index is 1.35. The van der Waals surface area contributed by atoms with Crippen LogP contribution < -0.4 is 5.32 Å². The van der Waals surface area contributed by atoms with Gasteiger partial charge in [0.1, 0.15) is 31.2 Å². The Bertz CT molecular complexity index is 1470. The number of carbonyl (C=O) groups is 4. The monoisotopic (exact) mass is 599 g/mol. The van der Waals surface area contributed by atoms with E-state index in [1.165, 1.54) is 17.2 Å². The molecule has 10 nitrogen and oxygen atoms in total. The third-order valence-corrected chi connectivity index (χ3v) is 6.80. The predicted molar refractivity (Wildman–Crippen MR) is 165 cm³/mol. The van der Waals surface area contributed by atoms with Crippen LogP contribution in [0.5, 0.6) is 0 Å². The van der Waals surface area contributed by atoms with Crippen molar-refractivity contribution in [2.45, 2.75) is 45.1 Å². The van der Waals surface area contributed by atoms with Crippen molar-refractivity contribution in [1.29, 1.82) is 0 Å². The fraction of sp³-hybridized carbons (Fsp3) is 0.324. The van der Waals surface area contributed by atoms with Crippen molar-refractivity contribution >= 4 is 29.8 Å². The van der Waals surface area contributed by atoms with Gasteiger partial charge in [0.15, 0.2) is 0 Å². The maximum absolute atomic E-state index is 13.2. The molecule has 0 bridgehead atoms. The summed E-state index contributed by atoms with van der Waals surface area (Å²) >= 11 is 0. The number of pyridine rings is 1. The second kappa shape index (κ2) is 14.5. The molecule has 10 heteroatoms. The summed E-state index contributed by atoms with van der Waals surface area (Å²) in [6, 6.07) is 19.3. The second-order valence-electron chi connectivity index (χ2n) is 11.3. The van der Waals surface area contributed by atoms with Gasteiger partial charge >= 0.3 is 18.0 Å². The normalized spacial score (nSPS) is 12.0. The molecule has 0 spiro atoms. The minimum atomic E-state index is -0.660. The van der Waals surface area contributed by atoms with Gasteiger partial charge in [0.05, 0.1) is 12.8 Å². The lowest BCUT2D eigenvalue weighted by molar-refractivity contribution is -0.150. The Morgan fingerprint density at radius 1 is 0.932 bits per heavy atom.